The molecule has 0 aliphatic heterocycles. The Bertz CT molecular complexity index is 251. The molecule has 3 fully saturated rings. The van der Waals surface area contributed by atoms with Crippen LogP contribution < -0.4 is 5.32 Å². The molecule has 3 aliphatic rings. The molecule has 0 unspecified atom stereocenters. The minimum Gasteiger partial charge on any atom is -0.351 e. The van der Waals surface area contributed by atoms with Gasteiger partial charge in [0.15, 0.2) is 0 Å². The van der Waals surface area contributed by atoms with E-state index in [4.69, 9.17) is 0 Å². The number of fused-ring (bicyclic) bond motifs is 2. The van der Waals surface area contributed by atoms with Gasteiger partial charge in [0.05, 0.1) is 0 Å². The van der Waals surface area contributed by atoms with Gasteiger partial charge in [0.1, 0.15) is 0 Å². The molecule has 0 aromatic rings. The van der Waals surface area contributed by atoms with Crippen LogP contribution in [0, 0.1) is 11.3 Å². The molecule has 3 saturated carbocycles. The first-order chi connectivity index (χ1) is 6.48. The number of carbonyl (C=O) groups excluding carboxylic acids is 1. The number of hydrogen-bond acceptors (Lipinski definition) is 1. The highest BCUT2D eigenvalue weighted by Crippen LogP contribution is 2.61. The predicted octanol–water partition coefficient (Wildman–Crippen LogP) is 2.48. The van der Waals surface area contributed by atoms with Crippen molar-refractivity contribution in [1.29, 1.82) is 0 Å². The lowest BCUT2D eigenvalue weighted by Gasteiger charge is -2.63. The monoisotopic (exact) mass is 195 g/mol. The van der Waals surface area contributed by atoms with E-state index >= 15 is 0 Å². The van der Waals surface area contributed by atoms with Gasteiger partial charge in [0, 0.05) is 12.5 Å². The number of amides is 1. The summed E-state index contributed by atoms with van der Waals surface area (Å²) >= 11 is 0. The topological polar surface area (TPSA) is 29.1 Å². The van der Waals surface area contributed by atoms with E-state index in [0.717, 1.165) is 5.92 Å². The molecule has 80 valence electrons. The van der Waals surface area contributed by atoms with Crippen LogP contribution in [0.2, 0.25) is 0 Å². The highest BCUT2D eigenvalue weighted by molar-refractivity contribution is 5.74. The summed E-state index contributed by atoms with van der Waals surface area (Å²) in [5.74, 6) is 0.911. The first kappa shape index (κ1) is 10.0. The van der Waals surface area contributed by atoms with Gasteiger partial charge >= 0.3 is 0 Å². The second-order valence-electron chi connectivity index (χ2n) is 5.69. The van der Waals surface area contributed by atoms with Crippen molar-refractivity contribution in [3.05, 3.63) is 0 Å². The Hall–Kier alpha value is -0.530. The normalized spacial score (nSPS) is 40.6. The first-order valence-corrected chi connectivity index (χ1v) is 5.77. The molecule has 3 rings (SSSR count). The molecule has 0 atom stereocenters. The summed E-state index contributed by atoms with van der Waals surface area (Å²) in [6.45, 7) is 6.28. The number of rotatable bonds is 2. The maximum Gasteiger partial charge on any atom is 0.217 e. The van der Waals surface area contributed by atoms with Crippen LogP contribution in [0.25, 0.3) is 0 Å². The minimum absolute atomic E-state index is 0.143. The Balaban J connectivity index is 2.05. The highest BCUT2D eigenvalue weighted by atomic mass is 16.1. The second-order valence-corrected chi connectivity index (χ2v) is 5.69. The Morgan fingerprint density at radius 3 is 2.43 bits per heavy atom. The van der Waals surface area contributed by atoms with Crippen LogP contribution in [0.15, 0.2) is 0 Å². The molecule has 2 nitrogen and oxygen atoms in total. The maximum absolute atomic E-state index is 11.1. The average Bonchev–Trinajstić information content (AvgIpc) is 2.01. The smallest absolute Gasteiger partial charge is 0.217 e. The summed E-state index contributed by atoms with van der Waals surface area (Å²) < 4.78 is 0. The summed E-state index contributed by atoms with van der Waals surface area (Å²) in [6, 6.07) is 0. The van der Waals surface area contributed by atoms with Gasteiger partial charge in [-0.2, -0.15) is 0 Å². The Morgan fingerprint density at radius 1 is 1.29 bits per heavy atom. The maximum atomic E-state index is 11.1. The third-order valence-electron chi connectivity index (χ3n) is 4.38. The van der Waals surface area contributed by atoms with Gasteiger partial charge in [0.25, 0.3) is 0 Å². The largest absolute Gasteiger partial charge is 0.351 e. The van der Waals surface area contributed by atoms with E-state index in [9.17, 15) is 4.79 Å². The van der Waals surface area contributed by atoms with Gasteiger partial charge in [-0.25, -0.2) is 0 Å². The van der Waals surface area contributed by atoms with Crippen molar-refractivity contribution in [2.24, 2.45) is 11.3 Å². The molecule has 0 radical (unpaired) electrons. The molecular weight excluding hydrogens is 174 g/mol. The van der Waals surface area contributed by atoms with Crippen LogP contribution in [0.1, 0.15) is 52.9 Å². The lowest BCUT2D eigenvalue weighted by atomic mass is 9.46. The molecule has 3 aliphatic carbocycles. The third-order valence-corrected chi connectivity index (χ3v) is 4.38. The van der Waals surface area contributed by atoms with Crippen LogP contribution in [-0.4, -0.2) is 11.4 Å². The predicted molar refractivity (Wildman–Crippen MR) is 56.9 cm³/mol. The quantitative estimate of drug-likeness (QED) is 0.720. The molecule has 14 heavy (non-hydrogen) atoms. The summed E-state index contributed by atoms with van der Waals surface area (Å²) in [4.78, 5) is 11.1. The zero-order valence-corrected chi connectivity index (χ0v) is 9.52. The zero-order valence-electron chi connectivity index (χ0n) is 9.52. The van der Waals surface area contributed by atoms with E-state index < -0.39 is 0 Å². The summed E-state index contributed by atoms with van der Waals surface area (Å²) in [6.07, 6.45) is 6.29. The molecule has 2 heteroatoms. The fraction of sp³-hybridized carbons (Fsp3) is 0.917. The van der Waals surface area contributed by atoms with Crippen LogP contribution in [0.5, 0.6) is 0 Å². The van der Waals surface area contributed by atoms with Gasteiger partial charge in [-0.05, 0) is 37.0 Å². The fourth-order valence-corrected chi connectivity index (χ4v) is 3.65. The van der Waals surface area contributed by atoms with Crippen LogP contribution in [0.3, 0.4) is 0 Å². The van der Waals surface area contributed by atoms with Crippen LogP contribution >= 0.6 is 0 Å². The fourth-order valence-electron chi connectivity index (χ4n) is 3.65. The SMILES string of the molecule is CC(=O)NC12CCCC(C(C)C)(C1)C2. The molecule has 0 heterocycles. The lowest BCUT2D eigenvalue weighted by Crippen LogP contribution is -2.65. The number of hydrogen-bond donors (Lipinski definition) is 1. The molecule has 1 N–H and O–H groups in total. The first-order valence-electron chi connectivity index (χ1n) is 5.77. The Kier molecular flexibility index (Phi) is 2.13. The minimum atomic E-state index is 0.143. The van der Waals surface area contributed by atoms with Crippen LogP contribution in [0.4, 0.5) is 0 Å². The Labute approximate surface area is 86.5 Å². The molecule has 0 aromatic carbocycles. The third kappa shape index (κ3) is 1.35. The summed E-state index contributed by atoms with van der Waals surface area (Å²) in [5.41, 5.74) is 0.745. The number of carbonyl (C=O) groups is 1. The average molecular weight is 195 g/mol. The summed E-state index contributed by atoms with van der Waals surface area (Å²) in [5, 5.41) is 3.16. The zero-order chi connectivity index (χ0) is 10.4. The van der Waals surface area contributed by atoms with E-state index in [1.807, 2.05) is 0 Å². The molecular formula is C12H21NO. The van der Waals surface area contributed by atoms with Gasteiger partial charge in [-0.1, -0.05) is 20.3 Å². The van der Waals surface area contributed by atoms with Crippen LogP contribution in [-0.2, 0) is 4.79 Å². The van der Waals surface area contributed by atoms with E-state index in [-0.39, 0.29) is 11.4 Å². The van der Waals surface area contributed by atoms with Gasteiger partial charge in [0.2, 0.25) is 5.91 Å². The standard InChI is InChI=1S/C12H21NO/c1-9(2)11-5-4-6-12(7-11,8-11)13-10(3)14/h9H,4-8H2,1-3H3,(H,13,14). The second kappa shape index (κ2) is 2.98. The van der Waals surface area contributed by atoms with Crippen molar-refractivity contribution in [3.8, 4) is 0 Å². The highest BCUT2D eigenvalue weighted by Gasteiger charge is 2.58. The van der Waals surface area contributed by atoms with Crippen molar-refractivity contribution in [2.75, 3.05) is 0 Å². The van der Waals surface area contributed by atoms with Gasteiger partial charge in [-0.15, -0.1) is 0 Å². The van der Waals surface area contributed by atoms with E-state index in [1.165, 1.54) is 32.1 Å². The molecule has 2 bridgehead atoms. The van der Waals surface area contributed by atoms with Gasteiger partial charge < -0.3 is 5.32 Å². The van der Waals surface area contributed by atoms with Crippen molar-refractivity contribution in [2.45, 2.75) is 58.4 Å². The molecule has 0 aromatic heterocycles. The van der Waals surface area contributed by atoms with E-state index in [2.05, 4.69) is 19.2 Å². The summed E-state index contributed by atoms with van der Waals surface area (Å²) in [7, 11) is 0. The number of nitrogens with one attached hydrogen (secondary N) is 1. The van der Waals surface area contributed by atoms with Crippen molar-refractivity contribution >= 4 is 5.91 Å². The van der Waals surface area contributed by atoms with Crippen molar-refractivity contribution < 1.29 is 4.79 Å². The molecule has 1 amide bonds. The van der Waals surface area contributed by atoms with Gasteiger partial charge in [-0.3, -0.25) is 4.79 Å². The van der Waals surface area contributed by atoms with Crippen molar-refractivity contribution in [1.82, 2.24) is 5.32 Å². The van der Waals surface area contributed by atoms with E-state index in [0.29, 0.717) is 5.41 Å². The van der Waals surface area contributed by atoms with Crippen molar-refractivity contribution in [3.63, 3.8) is 0 Å². The molecule has 0 spiro atoms. The molecule has 0 saturated heterocycles. The Morgan fingerprint density at radius 2 is 1.93 bits per heavy atom. The van der Waals surface area contributed by atoms with E-state index in [1.54, 1.807) is 6.92 Å². The lowest BCUT2D eigenvalue weighted by molar-refractivity contribution is -0.132.